The van der Waals surface area contributed by atoms with E-state index in [9.17, 15) is 4.79 Å². The molecule has 2 atom stereocenters. The number of carbonyl (C=O) groups is 1. The fourth-order valence-electron chi connectivity index (χ4n) is 2.54. The molecule has 3 aromatic heterocycles. The van der Waals surface area contributed by atoms with Crippen LogP contribution in [0.25, 0.3) is 11.3 Å². The lowest BCUT2D eigenvalue weighted by molar-refractivity contribution is -0.123. The van der Waals surface area contributed by atoms with Gasteiger partial charge in [-0.3, -0.25) is 14.5 Å². The van der Waals surface area contributed by atoms with Crippen LogP contribution in [0.1, 0.15) is 29.6 Å². The van der Waals surface area contributed by atoms with Gasteiger partial charge in [0.05, 0.1) is 17.9 Å². The number of aromatic nitrogens is 4. The summed E-state index contributed by atoms with van der Waals surface area (Å²) in [5, 5.41) is 13.0. The van der Waals surface area contributed by atoms with Gasteiger partial charge in [0.1, 0.15) is 11.0 Å². The van der Waals surface area contributed by atoms with Gasteiger partial charge in [-0.1, -0.05) is 0 Å². The Morgan fingerprint density at radius 1 is 1.26 bits per heavy atom. The molecule has 146 valence electrons. The predicted molar refractivity (Wildman–Crippen MR) is 111 cm³/mol. The summed E-state index contributed by atoms with van der Waals surface area (Å²) in [7, 11) is 3.58. The molecule has 1 amide bonds. The molecular weight excluding hydrogens is 407 g/mol. The monoisotopic (exact) mass is 428 g/mol. The number of hydrogen-bond acceptors (Lipinski definition) is 6. The molecule has 3 aromatic rings. The first-order valence-electron chi connectivity index (χ1n) is 7.90. The lowest BCUT2D eigenvalue weighted by Crippen LogP contribution is -2.37. The van der Waals surface area contributed by atoms with Crippen LogP contribution >= 0.6 is 36.2 Å². The van der Waals surface area contributed by atoms with Crippen molar-refractivity contribution in [2.75, 3.05) is 7.05 Å². The largest absolute Gasteiger partial charge is 0.345 e. The Labute approximate surface area is 174 Å². The molecule has 0 bridgehead atoms. The number of rotatable bonds is 6. The van der Waals surface area contributed by atoms with Crippen molar-refractivity contribution in [3.05, 3.63) is 52.9 Å². The maximum absolute atomic E-state index is 12.6. The molecule has 0 aliphatic carbocycles. The van der Waals surface area contributed by atoms with Crippen LogP contribution in [0, 0.1) is 0 Å². The Hall–Kier alpha value is -2.00. The SMILES string of the molecule is CNC(C(=O)NC(C)c1nc(-c2ccncc2)cs1)c1cnn(C)c1.Cl.Cl. The van der Waals surface area contributed by atoms with Crippen LogP contribution in [0.5, 0.6) is 0 Å². The fourth-order valence-corrected chi connectivity index (χ4v) is 3.37. The average molecular weight is 429 g/mol. The van der Waals surface area contributed by atoms with Crippen molar-refractivity contribution in [3.63, 3.8) is 0 Å². The van der Waals surface area contributed by atoms with E-state index in [-0.39, 0.29) is 36.8 Å². The second-order valence-corrected chi connectivity index (χ2v) is 6.60. The zero-order valence-electron chi connectivity index (χ0n) is 15.1. The van der Waals surface area contributed by atoms with Gasteiger partial charge in [0.25, 0.3) is 0 Å². The molecule has 0 aromatic carbocycles. The van der Waals surface area contributed by atoms with Gasteiger partial charge in [-0.15, -0.1) is 36.2 Å². The van der Waals surface area contributed by atoms with E-state index < -0.39 is 6.04 Å². The lowest BCUT2D eigenvalue weighted by Gasteiger charge is -2.17. The van der Waals surface area contributed by atoms with Crippen LogP contribution in [0.2, 0.25) is 0 Å². The second-order valence-electron chi connectivity index (χ2n) is 5.71. The van der Waals surface area contributed by atoms with Crippen LogP contribution < -0.4 is 10.6 Å². The Balaban J connectivity index is 0.00000182. The Morgan fingerprint density at radius 3 is 2.56 bits per heavy atom. The first-order valence-corrected chi connectivity index (χ1v) is 8.78. The number of thiazole rings is 1. The van der Waals surface area contributed by atoms with E-state index >= 15 is 0 Å². The molecule has 0 aliphatic rings. The van der Waals surface area contributed by atoms with Gasteiger partial charge >= 0.3 is 0 Å². The Bertz CT molecular complexity index is 854. The molecular formula is C17H22Cl2N6OS. The summed E-state index contributed by atoms with van der Waals surface area (Å²) in [6, 6.07) is 3.21. The molecule has 0 spiro atoms. The smallest absolute Gasteiger partial charge is 0.242 e. The molecule has 0 radical (unpaired) electrons. The highest BCUT2D eigenvalue weighted by Gasteiger charge is 2.23. The molecule has 10 heteroatoms. The molecule has 3 rings (SSSR count). The van der Waals surface area contributed by atoms with Crippen molar-refractivity contribution in [1.82, 2.24) is 30.4 Å². The molecule has 0 aliphatic heterocycles. The van der Waals surface area contributed by atoms with Gasteiger partial charge in [-0.05, 0) is 26.1 Å². The minimum absolute atomic E-state index is 0. The third-order valence-corrected chi connectivity index (χ3v) is 4.86. The van der Waals surface area contributed by atoms with Crippen LogP contribution in [0.15, 0.2) is 42.3 Å². The summed E-state index contributed by atoms with van der Waals surface area (Å²) >= 11 is 1.53. The number of amides is 1. The van der Waals surface area contributed by atoms with E-state index in [0.717, 1.165) is 21.8 Å². The van der Waals surface area contributed by atoms with Gasteiger partial charge in [-0.25, -0.2) is 4.98 Å². The number of carbonyl (C=O) groups excluding carboxylic acids is 1. The molecule has 27 heavy (non-hydrogen) atoms. The molecule has 0 saturated heterocycles. The minimum atomic E-state index is -0.448. The van der Waals surface area contributed by atoms with Crippen molar-refractivity contribution in [2.24, 2.45) is 7.05 Å². The number of hydrogen-bond donors (Lipinski definition) is 2. The summed E-state index contributed by atoms with van der Waals surface area (Å²) in [5.41, 5.74) is 2.73. The van der Waals surface area contributed by atoms with Crippen LogP contribution in [-0.2, 0) is 11.8 Å². The summed E-state index contributed by atoms with van der Waals surface area (Å²) in [6.45, 7) is 1.93. The summed E-state index contributed by atoms with van der Waals surface area (Å²) in [4.78, 5) is 21.3. The lowest BCUT2D eigenvalue weighted by atomic mass is 10.1. The first kappa shape index (κ1) is 23.0. The van der Waals surface area contributed by atoms with E-state index in [1.54, 1.807) is 30.3 Å². The topological polar surface area (TPSA) is 84.7 Å². The Kier molecular flexibility index (Phi) is 8.84. The minimum Gasteiger partial charge on any atom is -0.345 e. The van der Waals surface area contributed by atoms with Crippen LogP contribution in [-0.4, -0.2) is 32.7 Å². The third kappa shape index (κ3) is 5.49. The van der Waals surface area contributed by atoms with Gasteiger partial charge < -0.3 is 10.6 Å². The zero-order valence-corrected chi connectivity index (χ0v) is 17.6. The van der Waals surface area contributed by atoms with E-state index in [1.807, 2.05) is 37.7 Å². The molecule has 2 N–H and O–H groups in total. The highest BCUT2D eigenvalue weighted by molar-refractivity contribution is 7.10. The van der Waals surface area contributed by atoms with Gasteiger partial charge in [0.15, 0.2) is 0 Å². The van der Waals surface area contributed by atoms with Gasteiger partial charge in [-0.2, -0.15) is 5.10 Å². The molecule has 0 saturated carbocycles. The normalized spacial score (nSPS) is 12.4. The first-order chi connectivity index (χ1) is 12.1. The van der Waals surface area contributed by atoms with Crippen LogP contribution in [0.4, 0.5) is 0 Å². The van der Waals surface area contributed by atoms with Crippen LogP contribution in [0.3, 0.4) is 0 Å². The van der Waals surface area contributed by atoms with E-state index in [4.69, 9.17) is 0 Å². The molecule has 0 fully saturated rings. The van der Waals surface area contributed by atoms with Crippen molar-refractivity contribution in [2.45, 2.75) is 19.0 Å². The number of nitrogens with zero attached hydrogens (tertiary/aromatic N) is 4. The number of likely N-dealkylation sites (N-methyl/N-ethyl adjacent to an activating group) is 1. The van der Waals surface area contributed by atoms with Crippen molar-refractivity contribution < 1.29 is 4.79 Å². The quantitative estimate of drug-likeness (QED) is 0.630. The van der Waals surface area contributed by atoms with Gasteiger partial charge in [0.2, 0.25) is 5.91 Å². The summed E-state index contributed by atoms with van der Waals surface area (Å²) in [6.07, 6.45) is 7.00. The summed E-state index contributed by atoms with van der Waals surface area (Å²) < 4.78 is 1.68. The highest BCUT2D eigenvalue weighted by atomic mass is 35.5. The van der Waals surface area contributed by atoms with E-state index in [2.05, 4.69) is 25.7 Å². The molecule has 2 unspecified atom stereocenters. The van der Waals surface area contributed by atoms with Gasteiger partial charge in [0, 0.05) is 42.1 Å². The number of nitrogens with one attached hydrogen (secondary N) is 2. The number of pyridine rings is 1. The van der Waals surface area contributed by atoms with Crippen molar-refractivity contribution in [3.8, 4) is 11.3 Å². The fraction of sp³-hybridized carbons (Fsp3) is 0.294. The Morgan fingerprint density at radius 2 is 1.96 bits per heavy atom. The second kappa shape index (κ2) is 10.4. The van der Waals surface area contributed by atoms with Crippen molar-refractivity contribution in [1.29, 1.82) is 0 Å². The molecule has 3 heterocycles. The highest BCUT2D eigenvalue weighted by Crippen LogP contribution is 2.25. The number of aryl methyl sites for hydroxylation is 1. The van der Waals surface area contributed by atoms with E-state index in [0.29, 0.717) is 0 Å². The third-order valence-electron chi connectivity index (χ3n) is 3.84. The van der Waals surface area contributed by atoms with E-state index in [1.165, 1.54) is 11.3 Å². The predicted octanol–water partition coefficient (Wildman–Crippen LogP) is 2.92. The maximum atomic E-state index is 12.6. The number of halogens is 2. The standard InChI is InChI=1S/C17H20N6OS.2ClH/c1-11(17-22-14(10-25-17)12-4-6-19-7-5-12)21-16(24)15(18-2)13-8-20-23(3)9-13;;/h4-11,15,18H,1-3H3,(H,21,24);2*1H. The van der Waals surface area contributed by atoms with Crippen molar-refractivity contribution >= 4 is 42.1 Å². The molecule has 7 nitrogen and oxygen atoms in total. The maximum Gasteiger partial charge on any atom is 0.242 e. The zero-order chi connectivity index (χ0) is 17.8. The summed E-state index contributed by atoms with van der Waals surface area (Å²) in [5.74, 6) is -0.108. The average Bonchev–Trinajstić information content (AvgIpc) is 3.26.